The van der Waals surface area contributed by atoms with Crippen LogP contribution in [0.1, 0.15) is 25.7 Å². The molecule has 0 unspecified atom stereocenters. The van der Waals surface area contributed by atoms with Gasteiger partial charge in [-0.25, -0.2) is 0 Å². The van der Waals surface area contributed by atoms with Crippen LogP contribution >= 0.6 is 31.3 Å². The molecular weight excluding hydrogens is 502 g/mol. The van der Waals surface area contributed by atoms with Gasteiger partial charge in [0.1, 0.15) is 0 Å². The zero-order valence-electron chi connectivity index (χ0n) is 9.23. The average Bonchev–Trinajstić information content (AvgIpc) is 2.78. The minimum absolute atomic E-state index is 0. The monoisotopic (exact) mass is 516 g/mol. The Labute approximate surface area is 127 Å². The Hall–Kier alpha value is 1.45. The maximum Gasteiger partial charge on any atom is 3.00 e. The van der Waals surface area contributed by atoms with Crippen LogP contribution in [0.5, 0.6) is 0 Å². The fourth-order valence-electron chi connectivity index (χ4n) is 0.833. The van der Waals surface area contributed by atoms with Crippen LogP contribution in [0.2, 0.25) is 0 Å². The van der Waals surface area contributed by atoms with E-state index < -0.39 is 7.81 Å². The predicted octanol–water partition coefficient (Wildman–Crippen LogP) is 6.73. The second-order valence-corrected chi connectivity index (χ2v) is 7.38. The first-order chi connectivity index (χ1) is 7.45. The summed E-state index contributed by atoms with van der Waals surface area (Å²) in [4.78, 5) is 0. The molecule has 0 N–H and O–H groups in total. The van der Waals surface area contributed by atoms with Gasteiger partial charge in [-0.2, -0.15) is 12.8 Å². The fraction of sp³-hybridized carbons (Fsp3) is 0.750. The zero-order valence-corrected chi connectivity index (χ0v) is 13.9. The van der Waals surface area contributed by atoms with Crippen LogP contribution in [0.3, 0.4) is 0 Å². The van der Waals surface area contributed by atoms with Crippen molar-refractivity contribution in [2.45, 2.75) is 25.7 Å². The molecule has 0 aromatic rings. The third-order valence-corrected chi connectivity index (χ3v) is 3.40. The van der Waals surface area contributed by atoms with E-state index in [2.05, 4.69) is 11.5 Å². The molecule has 116 valence electrons. The van der Waals surface area contributed by atoms with Crippen molar-refractivity contribution in [3.05, 3.63) is 11.5 Å². The first-order valence-electron chi connectivity index (χ1n) is 4.88. The minimum Gasteiger partial charge on any atom is -0.351 e. The molecule has 0 nitrogen and oxygen atoms in total. The standard InChI is InChI=1S/2C4H7S.Au.F6P/c2*1-2-4-5-3-1;;1-7(2,3,4,5)6/h2*3H,1-2,4H2;;/q2*-1;+3;-1. The summed E-state index contributed by atoms with van der Waals surface area (Å²) in [5.74, 6) is 7.28. The van der Waals surface area contributed by atoms with Gasteiger partial charge in [-0.1, -0.05) is 12.8 Å². The molecule has 10 heteroatoms. The van der Waals surface area contributed by atoms with Gasteiger partial charge in [0.2, 0.25) is 0 Å². The van der Waals surface area contributed by atoms with E-state index in [-0.39, 0.29) is 22.4 Å². The molecule has 0 saturated carbocycles. The molecule has 18 heavy (non-hydrogen) atoms. The van der Waals surface area contributed by atoms with Crippen molar-refractivity contribution in [1.29, 1.82) is 0 Å². The molecule has 0 spiro atoms. The molecule has 0 radical (unpaired) electrons. The van der Waals surface area contributed by atoms with Crippen LogP contribution in [0, 0.1) is 11.5 Å². The Morgan fingerprint density at radius 3 is 1.06 bits per heavy atom. The summed E-state index contributed by atoms with van der Waals surface area (Å²) in [6.45, 7) is 0. The molecule has 0 bridgehead atoms. The number of hydrogen-bond donors (Lipinski definition) is 0. The molecule has 0 amide bonds. The van der Waals surface area contributed by atoms with E-state index in [0.717, 1.165) is 0 Å². The molecular formula is C8H14AuF6PS2. The molecule has 2 heterocycles. The summed E-state index contributed by atoms with van der Waals surface area (Å²) in [5, 5.41) is 0. The third kappa shape index (κ3) is 36.0. The van der Waals surface area contributed by atoms with Crippen molar-refractivity contribution in [1.82, 2.24) is 0 Å². The minimum atomic E-state index is -10.7. The summed E-state index contributed by atoms with van der Waals surface area (Å²) >= 11 is 3.90. The quantitative estimate of drug-likeness (QED) is 0.152. The largest absolute Gasteiger partial charge is 3.00 e. The van der Waals surface area contributed by atoms with Crippen LogP contribution in [-0.4, -0.2) is 11.5 Å². The van der Waals surface area contributed by atoms with Gasteiger partial charge in [-0.3, -0.25) is 11.5 Å². The van der Waals surface area contributed by atoms with Gasteiger partial charge in [-0.05, 0) is 11.5 Å². The summed E-state index contributed by atoms with van der Waals surface area (Å²) in [6, 6.07) is 0. The second-order valence-electron chi connectivity index (χ2n) is 3.32. The summed E-state index contributed by atoms with van der Waals surface area (Å²) in [7, 11) is -10.7. The number of hydrogen-bond acceptors (Lipinski definition) is 2. The maximum absolute atomic E-state index is 10.7. The van der Waals surface area contributed by atoms with E-state index in [4.69, 9.17) is 0 Å². The fourth-order valence-corrected chi connectivity index (χ4v) is 2.50. The average molecular weight is 516 g/mol. The van der Waals surface area contributed by atoms with E-state index in [1.807, 2.05) is 23.5 Å². The summed E-state index contributed by atoms with van der Waals surface area (Å²) in [6.07, 6.45) is 5.49. The van der Waals surface area contributed by atoms with E-state index in [0.29, 0.717) is 0 Å². The van der Waals surface area contributed by atoms with Crippen LogP contribution in [0.15, 0.2) is 0 Å². The van der Waals surface area contributed by atoms with E-state index in [9.17, 15) is 25.2 Å². The van der Waals surface area contributed by atoms with Crippen molar-refractivity contribution in [2.75, 3.05) is 11.5 Å². The van der Waals surface area contributed by atoms with Crippen molar-refractivity contribution in [3.63, 3.8) is 0 Å². The Morgan fingerprint density at radius 2 is 1.00 bits per heavy atom. The Bertz CT molecular complexity index is 174. The zero-order chi connectivity index (χ0) is 13.5. The SMILES string of the molecule is F[P-](F)(F)(F)(F)F.[Au+3].[CH-]1CCCS1.[CH-]1CCCS1. The molecule has 0 aromatic heterocycles. The molecule has 2 rings (SSSR count). The molecule has 0 aliphatic carbocycles. The summed E-state index contributed by atoms with van der Waals surface area (Å²) in [5.41, 5.74) is 0. The van der Waals surface area contributed by atoms with Crippen molar-refractivity contribution in [3.8, 4) is 0 Å². The van der Waals surface area contributed by atoms with E-state index in [1.165, 1.54) is 37.2 Å². The summed E-state index contributed by atoms with van der Waals surface area (Å²) < 4.78 is 59.2. The van der Waals surface area contributed by atoms with Crippen LogP contribution < -0.4 is 0 Å². The molecule has 2 fully saturated rings. The van der Waals surface area contributed by atoms with Gasteiger partial charge in [0.25, 0.3) is 0 Å². The predicted molar refractivity (Wildman–Crippen MR) is 65.6 cm³/mol. The van der Waals surface area contributed by atoms with Crippen LogP contribution in [0.25, 0.3) is 0 Å². The van der Waals surface area contributed by atoms with E-state index >= 15 is 0 Å². The number of halogens is 6. The van der Waals surface area contributed by atoms with Gasteiger partial charge in [0.05, 0.1) is 0 Å². The molecule has 2 saturated heterocycles. The molecule has 0 aromatic carbocycles. The maximum atomic E-state index is 9.87. The Kier molecular flexibility index (Phi) is 9.70. The van der Waals surface area contributed by atoms with Crippen LogP contribution in [0.4, 0.5) is 25.2 Å². The van der Waals surface area contributed by atoms with E-state index in [1.54, 1.807) is 0 Å². The van der Waals surface area contributed by atoms with Crippen molar-refractivity contribution >= 4 is 31.3 Å². The smallest absolute Gasteiger partial charge is 0.351 e. The Balaban J connectivity index is 0. The third-order valence-electron chi connectivity index (χ3n) is 1.40. The van der Waals surface area contributed by atoms with Gasteiger partial charge in [0, 0.05) is 0 Å². The molecule has 2 aliphatic rings. The number of thioether (sulfide) groups is 2. The van der Waals surface area contributed by atoms with Crippen molar-refractivity contribution in [2.24, 2.45) is 0 Å². The van der Waals surface area contributed by atoms with Crippen LogP contribution in [-0.2, 0) is 22.4 Å². The molecule has 2 aliphatic heterocycles. The van der Waals surface area contributed by atoms with Crippen molar-refractivity contribution < 1.29 is 47.6 Å². The van der Waals surface area contributed by atoms with Gasteiger partial charge >= 0.3 is 55.4 Å². The number of rotatable bonds is 0. The first-order valence-corrected chi connectivity index (χ1v) is 9.01. The normalized spacial score (nSPS) is 22.3. The first kappa shape index (κ1) is 21.7. The van der Waals surface area contributed by atoms with Gasteiger partial charge in [0.15, 0.2) is 0 Å². The Morgan fingerprint density at radius 1 is 0.722 bits per heavy atom. The molecule has 0 atom stereocenters. The van der Waals surface area contributed by atoms with Gasteiger partial charge < -0.3 is 23.5 Å². The topological polar surface area (TPSA) is 0 Å². The second kappa shape index (κ2) is 8.03. The van der Waals surface area contributed by atoms with Gasteiger partial charge in [-0.15, -0.1) is 0 Å².